The number of hydrogen-bond acceptors (Lipinski definition) is 3. The van der Waals surface area contributed by atoms with Crippen LogP contribution in [0.1, 0.15) is 32.1 Å². The lowest BCUT2D eigenvalue weighted by atomic mass is 9.84. The molecule has 1 heterocycles. The molecule has 0 unspecified atom stereocenters. The minimum atomic E-state index is 0.0288. The minimum Gasteiger partial charge on any atom is -0.368 e. The van der Waals surface area contributed by atoms with E-state index in [0.29, 0.717) is 6.04 Å². The molecule has 1 saturated heterocycles. The lowest BCUT2D eigenvalue weighted by molar-refractivity contribution is 0.194. The Kier molecular flexibility index (Phi) is 7.72. The van der Waals surface area contributed by atoms with E-state index < -0.39 is 0 Å². The highest BCUT2D eigenvalue weighted by Gasteiger charge is 2.24. The predicted molar refractivity (Wildman–Crippen MR) is 118 cm³/mol. The summed E-state index contributed by atoms with van der Waals surface area (Å²) in [5.41, 5.74) is 1.05. The van der Waals surface area contributed by atoms with Crippen LogP contribution in [0.5, 0.6) is 0 Å². The molecule has 1 aromatic rings. The summed E-state index contributed by atoms with van der Waals surface area (Å²) in [5.74, 6) is 0.785. The van der Waals surface area contributed by atoms with Gasteiger partial charge >= 0.3 is 6.03 Å². The second kappa shape index (κ2) is 10.0. The first kappa shape index (κ1) is 21.5. The number of nitrogens with zero attached hydrogens (tertiary/aromatic N) is 3. The van der Waals surface area contributed by atoms with Gasteiger partial charge in [-0.1, -0.05) is 23.2 Å². The van der Waals surface area contributed by atoms with Crippen molar-refractivity contribution < 1.29 is 4.79 Å². The normalized spacial score (nSPS) is 23.5. The number of piperazine rings is 1. The zero-order valence-corrected chi connectivity index (χ0v) is 18.5. The molecule has 5 nitrogen and oxygen atoms in total. The molecule has 3 rings (SSSR count). The van der Waals surface area contributed by atoms with Crippen LogP contribution in [0.25, 0.3) is 0 Å². The zero-order valence-electron chi connectivity index (χ0n) is 17.0. The maximum Gasteiger partial charge on any atom is 0.317 e. The van der Waals surface area contributed by atoms with Gasteiger partial charge in [0.2, 0.25) is 0 Å². The van der Waals surface area contributed by atoms with Crippen LogP contribution in [0.2, 0.25) is 10.0 Å². The highest BCUT2D eigenvalue weighted by atomic mass is 35.5. The number of halogens is 2. The van der Waals surface area contributed by atoms with Crippen molar-refractivity contribution in [3.8, 4) is 0 Å². The third-order valence-electron chi connectivity index (χ3n) is 6.06. The number of amides is 2. The summed E-state index contributed by atoms with van der Waals surface area (Å²) in [4.78, 5) is 18.3. The van der Waals surface area contributed by atoms with Gasteiger partial charge in [0, 0.05) is 51.3 Å². The molecule has 1 N–H and O–H groups in total. The van der Waals surface area contributed by atoms with Gasteiger partial charge in [-0.3, -0.25) is 4.90 Å². The predicted octanol–water partition coefficient (Wildman–Crippen LogP) is 4.34. The largest absolute Gasteiger partial charge is 0.368 e. The molecular formula is C21H32Cl2N4O. The van der Waals surface area contributed by atoms with Crippen LogP contribution in [0.4, 0.5) is 10.5 Å². The maximum absolute atomic E-state index is 11.8. The Morgan fingerprint density at radius 2 is 1.79 bits per heavy atom. The van der Waals surface area contributed by atoms with Gasteiger partial charge < -0.3 is 15.1 Å². The van der Waals surface area contributed by atoms with Crippen molar-refractivity contribution in [2.75, 3.05) is 51.7 Å². The van der Waals surface area contributed by atoms with E-state index in [2.05, 4.69) is 15.1 Å². The first-order valence-electron chi connectivity index (χ1n) is 10.3. The van der Waals surface area contributed by atoms with Gasteiger partial charge in [-0.2, -0.15) is 0 Å². The van der Waals surface area contributed by atoms with Gasteiger partial charge in [0.05, 0.1) is 10.7 Å². The van der Waals surface area contributed by atoms with Crippen molar-refractivity contribution in [3.05, 3.63) is 28.2 Å². The van der Waals surface area contributed by atoms with E-state index >= 15 is 0 Å². The molecule has 156 valence electrons. The smallest absolute Gasteiger partial charge is 0.317 e. The summed E-state index contributed by atoms with van der Waals surface area (Å²) < 4.78 is 0. The molecule has 2 amide bonds. The average Bonchev–Trinajstić information content (AvgIpc) is 2.69. The monoisotopic (exact) mass is 426 g/mol. The molecule has 0 radical (unpaired) electrons. The second-order valence-electron chi connectivity index (χ2n) is 8.27. The SMILES string of the molecule is CN(C)C(=O)NC1CCC(CCN2CCN(c3cc(Cl)ccc3Cl)CC2)CC1. The fourth-order valence-corrected chi connectivity index (χ4v) is 4.61. The second-order valence-corrected chi connectivity index (χ2v) is 9.12. The van der Waals surface area contributed by atoms with Crippen LogP contribution in [0.15, 0.2) is 18.2 Å². The molecule has 7 heteroatoms. The van der Waals surface area contributed by atoms with Gasteiger partial charge in [0.25, 0.3) is 0 Å². The van der Waals surface area contributed by atoms with Gasteiger partial charge in [-0.25, -0.2) is 4.79 Å². The molecule has 0 atom stereocenters. The highest BCUT2D eigenvalue weighted by molar-refractivity contribution is 6.35. The molecule has 0 spiro atoms. The van der Waals surface area contributed by atoms with Crippen LogP contribution in [-0.4, -0.2) is 68.7 Å². The van der Waals surface area contributed by atoms with Crippen molar-refractivity contribution in [2.24, 2.45) is 5.92 Å². The number of urea groups is 1. The molecule has 28 heavy (non-hydrogen) atoms. The van der Waals surface area contributed by atoms with Crippen molar-refractivity contribution >= 4 is 34.9 Å². The number of carbonyl (C=O) groups excluding carboxylic acids is 1. The lowest BCUT2D eigenvalue weighted by Crippen LogP contribution is -2.47. The third-order valence-corrected chi connectivity index (χ3v) is 6.61. The van der Waals surface area contributed by atoms with Crippen LogP contribution in [-0.2, 0) is 0 Å². The van der Waals surface area contributed by atoms with Gasteiger partial charge in [0.15, 0.2) is 0 Å². The first-order chi connectivity index (χ1) is 13.4. The summed E-state index contributed by atoms with van der Waals surface area (Å²) in [6, 6.07) is 6.05. The summed E-state index contributed by atoms with van der Waals surface area (Å²) >= 11 is 12.5. The van der Waals surface area contributed by atoms with Crippen LogP contribution in [0, 0.1) is 5.92 Å². The van der Waals surface area contributed by atoms with E-state index in [1.54, 1.807) is 19.0 Å². The van der Waals surface area contributed by atoms with E-state index in [9.17, 15) is 4.79 Å². The van der Waals surface area contributed by atoms with E-state index in [-0.39, 0.29) is 6.03 Å². The van der Waals surface area contributed by atoms with Crippen LogP contribution >= 0.6 is 23.2 Å². The van der Waals surface area contributed by atoms with Crippen molar-refractivity contribution in [2.45, 2.75) is 38.1 Å². The van der Waals surface area contributed by atoms with Crippen LogP contribution in [0.3, 0.4) is 0 Å². The first-order valence-corrected chi connectivity index (χ1v) is 11.1. The number of benzene rings is 1. The summed E-state index contributed by atoms with van der Waals surface area (Å²) in [5, 5.41) is 4.63. The molecule has 2 aliphatic rings. The molecule has 1 aromatic carbocycles. The third kappa shape index (κ3) is 5.91. The molecular weight excluding hydrogens is 395 g/mol. The number of anilines is 1. The standard InChI is InChI=1S/C21H32Cl2N4O/c1-25(2)21(28)24-18-6-3-16(4-7-18)9-10-26-11-13-27(14-12-26)20-15-17(22)5-8-19(20)23/h5,8,15-16,18H,3-4,6-7,9-14H2,1-2H3,(H,24,28). The van der Waals surface area contributed by atoms with Gasteiger partial charge in [-0.15, -0.1) is 0 Å². The van der Waals surface area contributed by atoms with Gasteiger partial charge in [-0.05, 0) is 62.8 Å². The van der Waals surface area contributed by atoms with E-state index in [4.69, 9.17) is 23.2 Å². The van der Waals surface area contributed by atoms with Crippen molar-refractivity contribution in [1.29, 1.82) is 0 Å². The zero-order chi connectivity index (χ0) is 20.1. The highest BCUT2D eigenvalue weighted by Crippen LogP contribution is 2.30. The number of hydrogen-bond donors (Lipinski definition) is 1. The van der Waals surface area contributed by atoms with Gasteiger partial charge in [0.1, 0.15) is 0 Å². The van der Waals surface area contributed by atoms with Crippen molar-refractivity contribution in [3.63, 3.8) is 0 Å². The quantitative estimate of drug-likeness (QED) is 0.760. The minimum absolute atomic E-state index is 0.0288. The number of carbonyl (C=O) groups is 1. The molecule has 0 aromatic heterocycles. The Labute approximate surface area is 178 Å². The van der Waals surface area contributed by atoms with E-state index in [1.807, 2.05) is 18.2 Å². The molecule has 1 aliphatic carbocycles. The molecule has 2 fully saturated rings. The maximum atomic E-state index is 11.8. The number of nitrogens with one attached hydrogen (secondary N) is 1. The Morgan fingerprint density at radius 1 is 1.11 bits per heavy atom. The lowest BCUT2D eigenvalue weighted by Gasteiger charge is -2.37. The Hall–Kier alpha value is -1.17. The van der Waals surface area contributed by atoms with E-state index in [1.165, 1.54) is 19.3 Å². The topological polar surface area (TPSA) is 38.8 Å². The Balaban J connectivity index is 1.36. The molecule has 1 aliphatic heterocycles. The van der Waals surface area contributed by atoms with Crippen molar-refractivity contribution in [1.82, 2.24) is 15.1 Å². The fourth-order valence-electron chi connectivity index (χ4n) is 4.20. The number of rotatable bonds is 5. The summed E-state index contributed by atoms with van der Waals surface area (Å²) in [6.07, 6.45) is 5.90. The molecule has 1 saturated carbocycles. The Bertz CT molecular complexity index is 654. The average molecular weight is 427 g/mol. The summed E-state index contributed by atoms with van der Waals surface area (Å²) in [7, 11) is 3.59. The Morgan fingerprint density at radius 3 is 2.43 bits per heavy atom. The fraction of sp³-hybridized carbons (Fsp3) is 0.667. The molecule has 0 bridgehead atoms. The summed E-state index contributed by atoms with van der Waals surface area (Å²) in [6.45, 7) is 5.28. The van der Waals surface area contributed by atoms with E-state index in [0.717, 1.165) is 67.2 Å². The van der Waals surface area contributed by atoms with Crippen LogP contribution < -0.4 is 10.2 Å².